The van der Waals surface area contributed by atoms with Gasteiger partial charge in [0.05, 0.1) is 6.04 Å². The van der Waals surface area contributed by atoms with Crippen molar-refractivity contribution in [2.75, 3.05) is 5.32 Å². The third kappa shape index (κ3) is 3.69. The summed E-state index contributed by atoms with van der Waals surface area (Å²) < 4.78 is 15.9. The smallest absolute Gasteiger partial charge is 0.319 e. The van der Waals surface area contributed by atoms with Gasteiger partial charge in [0, 0.05) is 28.5 Å². The second-order valence-electron chi connectivity index (χ2n) is 7.30. The summed E-state index contributed by atoms with van der Waals surface area (Å²) in [5.41, 5.74) is 3.58. The van der Waals surface area contributed by atoms with Crippen LogP contribution in [0.1, 0.15) is 47.4 Å². The Balaban J connectivity index is 1.57. The number of halogens is 1. The Labute approximate surface area is 168 Å². The first-order chi connectivity index (χ1) is 13.5. The lowest BCUT2D eigenvalue weighted by Gasteiger charge is -2.20. The summed E-state index contributed by atoms with van der Waals surface area (Å²) in [6.45, 7) is 3.71. The van der Waals surface area contributed by atoms with Gasteiger partial charge in [-0.05, 0) is 74.9 Å². The van der Waals surface area contributed by atoms with E-state index >= 15 is 0 Å². The number of fused-ring (bicyclic) bond motifs is 1. The standard InChI is InChI=1S/C22H24FN3OS/c1-14-9-10-16(13-18(14)23)25-22(27)24-15(2)20-17-7-3-4-8-19(17)28-21(20)26-11-5-6-12-26/h5-6,9-13,15H,3-4,7-8H2,1-2H3,(H2,24,25,27). The first-order valence-corrected chi connectivity index (χ1v) is 10.5. The zero-order chi connectivity index (χ0) is 19.7. The van der Waals surface area contributed by atoms with Gasteiger partial charge in [0.25, 0.3) is 0 Å². The highest BCUT2D eigenvalue weighted by atomic mass is 32.1. The van der Waals surface area contributed by atoms with E-state index in [0.717, 1.165) is 12.8 Å². The number of nitrogens with one attached hydrogen (secondary N) is 2. The average Bonchev–Trinajstić information content (AvgIpc) is 3.31. The maximum Gasteiger partial charge on any atom is 0.319 e. The molecule has 146 valence electrons. The molecular formula is C22H24FN3OS. The minimum absolute atomic E-state index is 0.147. The van der Waals surface area contributed by atoms with Gasteiger partial charge in [0.1, 0.15) is 10.8 Å². The molecule has 2 amide bonds. The van der Waals surface area contributed by atoms with Crippen molar-refractivity contribution in [1.82, 2.24) is 9.88 Å². The second-order valence-corrected chi connectivity index (χ2v) is 8.39. The third-order valence-electron chi connectivity index (χ3n) is 5.24. The molecule has 1 aliphatic rings. The molecule has 0 spiro atoms. The van der Waals surface area contributed by atoms with Gasteiger partial charge >= 0.3 is 6.03 Å². The highest BCUT2D eigenvalue weighted by molar-refractivity contribution is 7.15. The Hall–Kier alpha value is -2.60. The van der Waals surface area contributed by atoms with Crippen LogP contribution in [0.5, 0.6) is 0 Å². The number of carbonyl (C=O) groups excluding carboxylic acids is 1. The quantitative estimate of drug-likeness (QED) is 0.579. The minimum Gasteiger partial charge on any atom is -0.331 e. The van der Waals surface area contributed by atoms with Crippen LogP contribution >= 0.6 is 11.3 Å². The Kier molecular flexibility index (Phi) is 5.22. The van der Waals surface area contributed by atoms with Gasteiger partial charge < -0.3 is 15.2 Å². The number of hydrogen-bond donors (Lipinski definition) is 2. The molecule has 2 N–H and O–H groups in total. The van der Waals surface area contributed by atoms with E-state index in [-0.39, 0.29) is 17.9 Å². The number of aryl methyl sites for hydroxylation is 2. The molecule has 3 aromatic rings. The summed E-state index contributed by atoms with van der Waals surface area (Å²) in [6, 6.07) is 8.26. The fourth-order valence-corrected chi connectivity index (χ4v) is 5.24. The molecule has 0 saturated carbocycles. The summed E-state index contributed by atoms with van der Waals surface area (Å²) in [5, 5.41) is 6.95. The molecule has 0 bridgehead atoms. The molecule has 6 heteroatoms. The predicted molar refractivity (Wildman–Crippen MR) is 112 cm³/mol. The number of benzene rings is 1. The SMILES string of the molecule is Cc1ccc(NC(=O)NC(C)c2c(-n3cccc3)sc3c2CCCC3)cc1F. The van der Waals surface area contributed by atoms with Crippen LogP contribution in [0.15, 0.2) is 42.7 Å². The molecule has 2 heterocycles. The van der Waals surface area contributed by atoms with Gasteiger partial charge in [-0.15, -0.1) is 11.3 Å². The zero-order valence-electron chi connectivity index (χ0n) is 16.1. The number of carbonyl (C=O) groups is 1. The lowest BCUT2D eigenvalue weighted by Crippen LogP contribution is -2.32. The molecule has 4 nitrogen and oxygen atoms in total. The predicted octanol–water partition coefficient (Wildman–Crippen LogP) is 5.75. The van der Waals surface area contributed by atoms with E-state index in [2.05, 4.69) is 15.2 Å². The minimum atomic E-state index is -0.329. The van der Waals surface area contributed by atoms with Gasteiger partial charge in [-0.2, -0.15) is 0 Å². The summed E-state index contributed by atoms with van der Waals surface area (Å²) in [5.74, 6) is -0.326. The summed E-state index contributed by atoms with van der Waals surface area (Å²) in [7, 11) is 0. The van der Waals surface area contributed by atoms with Crippen LogP contribution < -0.4 is 10.6 Å². The van der Waals surface area contributed by atoms with Crippen molar-refractivity contribution < 1.29 is 9.18 Å². The number of thiophene rings is 1. The van der Waals surface area contributed by atoms with E-state index < -0.39 is 0 Å². The monoisotopic (exact) mass is 397 g/mol. The molecule has 1 atom stereocenters. The first kappa shape index (κ1) is 18.7. The van der Waals surface area contributed by atoms with Crippen molar-refractivity contribution in [3.8, 4) is 5.00 Å². The summed E-state index contributed by atoms with van der Waals surface area (Å²) >= 11 is 1.82. The molecule has 2 aromatic heterocycles. The molecule has 1 aromatic carbocycles. The highest BCUT2D eigenvalue weighted by Crippen LogP contribution is 2.40. The van der Waals surface area contributed by atoms with Crippen LogP contribution in [-0.2, 0) is 12.8 Å². The van der Waals surface area contributed by atoms with Gasteiger partial charge in [-0.1, -0.05) is 6.07 Å². The Morgan fingerprint density at radius 1 is 1.21 bits per heavy atom. The number of nitrogens with zero attached hydrogens (tertiary/aromatic N) is 1. The molecule has 0 fully saturated rings. The van der Waals surface area contributed by atoms with Gasteiger partial charge in [-0.25, -0.2) is 9.18 Å². The van der Waals surface area contributed by atoms with Crippen LogP contribution in [0.25, 0.3) is 5.00 Å². The number of amides is 2. The molecule has 28 heavy (non-hydrogen) atoms. The van der Waals surface area contributed by atoms with Crippen molar-refractivity contribution in [3.05, 3.63) is 70.1 Å². The zero-order valence-corrected chi connectivity index (χ0v) is 16.9. The van der Waals surface area contributed by atoms with Crippen molar-refractivity contribution >= 4 is 23.1 Å². The van der Waals surface area contributed by atoms with E-state index in [1.54, 1.807) is 19.1 Å². The molecule has 0 aliphatic heterocycles. The molecule has 1 unspecified atom stereocenters. The topological polar surface area (TPSA) is 46.1 Å². The molecule has 0 saturated heterocycles. The van der Waals surface area contributed by atoms with E-state index in [0.29, 0.717) is 11.3 Å². The van der Waals surface area contributed by atoms with E-state index in [4.69, 9.17) is 0 Å². The lowest BCUT2D eigenvalue weighted by molar-refractivity contribution is 0.249. The van der Waals surface area contributed by atoms with E-state index in [1.807, 2.05) is 42.8 Å². The Bertz CT molecular complexity index is 994. The fourth-order valence-electron chi connectivity index (χ4n) is 3.79. The molecule has 0 radical (unpaired) electrons. The maximum absolute atomic E-state index is 13.7. The number of rotatable bonds is 4. The maximum atomic E-state index is 13.7. The number of anilines is 1. The molecule has 1 aliphatic carbocycles. The summed E-state index contributed by atoms with van der Waals surface area (Å²) in [6.07, 6.45) is 8.66. The number of urea groups is 1. The van der Waals surface area contributed by atoms with Crippen LogP contribution in [0.2, 0.25) is 0 Å². The van der Waals surface area contributed by atoms with Crippen LogP contribution in [0.4, 0.5) is 14.9 Å². The van der Waals surface area contributed by atoms with Gasteiger partial charge in [0.2, 0.25) is 0 Å². The largest absolute Gasteiger partial charge is 0.331 e. The Morgan fingerprint density at radius 3 is 2.71 bits per heavy atom. The van der Waals surface area contributed by atoms with E-state index in [1.165, 1.54) is 39.9 Å². The van der Waals surface area contributed by atoms with Crippen LogP contribution in [0.3, 0.4) is 0 Å². The average molecular weight is 398 g/mol. The molecule has 4 rings (SSSR count). The highest BCUT2D eigenvalue weighted by Gasteiger charge is 2.26. The second kappa shape index (κ2) is 7.80. The van der Waals surface area contributed by atoms with Crippen LogP contribution in [-0.4, -0.2) is 10.6 Å². The third-order valence-corrected chi connectivity index (χ3v) is 6.56. The van der Waals surface area contributed by atoms with Crippen molar-refractivity contribution in [3.63, 3.8) is 0 Å². The van der Waals surface area contributed by atoms with Crippen LogP contribution in [0, 0.1) is 12.7 Å². The Morgan fingerprint density at radius 2 is 1.96 bits per heavy atom. The van der Waals surface area contributed by atoms with Crippen molar-refractivity contribution in [2.24, 2.45) is 0 Å². The van der Waals surface area contributed by atoms with Crippen molar-refractivity contribution in [2.45, 2.75) is 45.6 Å². The van der Waals surface area contributed by atoms with Gasteiger partial charge in [-0.3, -0.25) is 0 Å². The summed E-state index contributed by atoms with van der Waals surface area (Å²) in [4.78, 5) is 14.0. The van der Waals surface area contributed by atoms with Gasteiger partial charge in [0.15, 0.2) is 0 Å². The van der Waals surface area contributed by atoms with E-state index in [9.17, 15) is 9.18 Å². The number of hydrogen-bond acceptors (Lipinski definition) is 2. The van der Waals surface area contributed by atoms with Crippen molar-refractivity contribution in [1.29, 1.82) is 0 Å². The number of aromatic nitrogens is 1. The lowest BCUT2D eigenvalue weighted by atomic mass is 9.93. The fraction of sp³-hybridized carbons (Fsp3) is 0.318. The molecular weight excluding hydrogens is 373 g/mol. The first-order valence-electron chi connectivity index (χ1n) is 9.64. The normalized spacial score (nSPS) is 14.4.